The molecule has 1 heterocycles. The van der Waals surface area contributed by atoms with Crippen molar-refractivity contribution in [2.75, 3.05) is 26.2 Å². The maximum Gasteiger partial charge on any atom is 0.167 e. The quantitative estimate of drug-likeness (QED) is 0.552. The maximum absolute atomic E-state index is 14.3. The van der Waals surface area contributed by atoms with E-state index in [-0.39, 0.29) is 40.6 Å². The molecule has 0 amide bonds. The van der Waals surface area contributed by atoms with Gasteiger partial charge < -0.3 is 10.4 Å². The number of aromatic hydroxyl groups is 1. The summed E-state index contributed by atoms with van der Waals surface area (Å²) in [4.78, 5) is 2.05. The zero-order valence-corrected chi connectivity index (χ0v) is 16.0. The minimum Gasteiger partial charge on any atom is -0.506 e. The molecule has 23 heavy (non-hydrogen) atoms. The summed E-state index contributed by atoms with van der Waals surface area (Å²) in [7, 11) is 0. The Balaban J connectivity index is 0.00000242. The lowest BCUT2D eigenvalue weighted by molar-refractivity contribution is 0.165. The van der Waals surface area contributed by atoms with Crippen molar-refractivity contribution in [1.29, 1.82) is 0 Å². The van der Waals surface area contributed by atoms with Gasteiger partial charge in [0.05, 0.1) is 10.0 Å². The van der Waals surface area contributed by atoms with Crippen molar-refractivity contribution in [3.63, 3.8) is 0 Å². The molecular weight excluding hydrogens is 413 g/mol. The van der Waals surface area contributed by atoms with E-state index in [0.717, 1.165) is 24.7 Å². The van der Waals surface area contributed by atoms with Crippen LogP contribution in [0.15, 0.2) is 22.7 Å². The van der Waals surface area contributed by atoms with Crippen molar-refractivity contribution in [2.24, 2.45) is 0 Å². The standard InChI is InChI=1S/C15H19BrF2N2O.2ClH/c1-9(2)7-12(20-5-3-19-4-6-20)13-14(18)11(17)8-10(16)15(13)21;;/h8,12,19,21H,1,3-7H2,2H3;2*1H/t12-;;/m1../s1. The van der Waals surface area contributed by atoms with Crippen LogP contribution in [0, 0.1) is 11.6 Å². The Morgan fingerprint density at radius 3 is 2.48 bits per heavy atom. The van der Waals surface area contributed by atoms with Crippen LogP contribution in [0.4, 0.5) is 8.78 Å². The first-order chi connectivity index (χ1) is 9.91. The Morgan fingerprint density at radius 1 is 1.39 bits per heavy atom. The molecule has 2 rings (SSSR count). The van der Waals surface area contributed by atoms with Crippen LogP contribution < -0.4 is 5.32 Å². The van der Waals surface area contributed by atoms with Crippen LogP contribution in [-0.4, -0.2) is 36.2 Å². The molecule has 1 fully saturated rings. The fraction of sp³-hybridized carbons (Fsp3) is 0.467. The SMILES string of the molecule is C=C(C)C[C@H](c1c(O)c(Br)cc(F)c1F)N1CCNCC1.Cl.Cl. The fourth-order valence-electron chi connectivity index (χ4n) is 2.65. The maximum atomic E-state index is 14.3. The monoisotopic (exact) mass is 432 g/mol. The molecule has 0 unspecified atom stereocenters. The van der Waals surface area contributed by atoms with Gasteiger partial charge in [-0.2, -0.15) is 0 Å². The van der Waals surface area contributed by atoms with Gasteiger partial charge in [-0.1, -0.05) is 5.57 Å². The van der Waals surface area contributed by atoms with Crippen molar-refractivity contribution in [2.45, 2.75) is 19.4 Å². The second-order valence-electron chi connectivity index (χ2n) is 5.38. The van der Waals surface area contributed by atoms with Gasteiger partial charge in [0.25, 0.3) is 0 Å². The molecule has 3 nitrogen and oxygen atoms in total. The van der Waals surface area contributed by atoms with Gasteiger partial charge in [0.2, 0.25) is 0 Å². The minimum absolute atomic E-state index is 0. The number of nitrogens with zero attached hydrogens (tertiary/aromatic N) is 1. The normalized spacial score (nSPS) is 16.2. The molecule has 0 radical (unpaired) electrons. The third kappa shape index (κ3) is 5.29. The van der Waals surface area contributed by atoms with E-state index in [2.05, 4.69) is 32.7 Å². The Morgan fingerprint density at radius 2 is 1.96 bits per heavy atom. The summed E-state index contributed by atoms with van der Waals surface area (Å²) in [5.41, 5.74) is 0.865. The second-order valence-corrected chi connectivity index (χ2v) is 6.23. The number of rotatable bonds is 4. The van der Waals surface area contributed by atoms with Crippen LogP contribution >= 0.6 is 40.7 Å². The van der Waals surface area contributed by atoms with Gasteiger partial charge in [-0.05, 0) is 35.3 Å². The molecule has 0 spiro atoms. The van der Waals surface area contributed by atoms with Crippen molar-refractivity contribution in [1.82, 2.24) is 10.2 Å². The van der Waals surface area contributed by atoms with Crippen molar-refractivity contribution in [3.05, 3.63) is 39.9 Å². The van der Waals surface area contributed by atoms with Gasteiger partial charge in [-0.3, -0.25) is 4.90 Å². The molecule has 0 aromatic heterocycles. The van der Waals surface area contributed by atoms with E-state index in [0.29, 0.717) is 19.5 Å². The summed E-state index contributed by atoms with van der Waals surface area (Å²) in [6, 6.07) is 0.528. The third-order valence-electron chi connectivity index (χ3n) is 3.65. The van der Waals surface area contributed by atoms with Gasteiger partial charge in [-0.15, -0.1) is 31.4 Å². The summed E-state index contributed by atoms with van der Waals surface area (Å²) >= 11 is 3.08. The largest absolute Gasteiger partial charge is 0.506 e. The molecule has 1 aliphatic rings. The van der Waals surface area contributed by atoms with Gasteiger partial charge in [0.15, 0.2) is 11.6 Å². The zero-order valence-electron chi connectivity index (χ0n) is 12.7. The van der Waals surface area contributed by atoms with Crippen LogP contribution in [-0.2, 0) is 0 Å². The van der Waals surface area contributed by atoms with Gasteiger partial charge in [0, 0.05) is 32.2 Å². The number of hydrogen-bond acceptors (Lipinski definition) is 3. The Labute approximate surface area is 156 Å². The summed E-state index contributed by atoms with van der Waals surface area (Å²) in [6.45, 7) is 8.71. The first-order valence-electron chi connectivity index (χ1n) is 6.87. The lowest BCUT2D eigenvalue weighted by atomic mass is 9.96. The van der Waals surface area contributed by atoms with E-state index >= 15 is 0 Å². The van der Waals surface area contributed by atoms with E-state index < -0.39 is 17.7 Å². The average Bonchev–Trinajstić information content (AvgIpc) is 2.45. The molecule has 1 atom stereocenters. The van der Waals surface area contributed by atoms with Gasteiger partial charge in [-0.25, -0.2) is 8.78 Å². The molecular formula is C15H21BrCl2F2N2O. The van der Waals surface area contributed by atoms with Crippen LogP contribution in [0.1, 0.15) is 24.9 Å². The molecule has 1 saturated heterocycles. The lowest BCUT2D eigenvalue weighted by Gasteiger charge is -2.36. The lowest BCUT2D eigenvalue weighted by Crippen LogP contribution is -2.45. The van der Waals surface area contributed by atoms with Crippen LogP contribution in [0.2, 0.25) is 0 Å². The molecule has 1 aliphatic heterocycles. The highest BCUT2D eigenvalue weighted by atomic mass is 79.9. The molecule has 1 aromatic rings. The summed E-state index contributed by atoms with van der Waals surface area (Å²) in [5.74, 6) is -2.18. The summed E-state index contributed by atoms with van der Waals surface area (Å²) < 4.78 is 28.2. The number of piperazine rings is 1. The van der Waals surface area contributed by atoms with Crippen molar-refractivity contribution in [3.8, 4) is 5.75 Å². The van der Waals surface area contributed by atoms with Gasteiger partial charge in [0.1, 0.15) is 5.75 Å². The molecule has 2 N–H and O–H groups in total. The van der Waals surface area contributed by atoms with E-state index in [1.165, 1.54) is 0 Å². The molecule has 0 bridgehead atoms. The molecule has 0 saturated carbocycles. The first kappa shape index (κ1) is 22.6. The zero-order chi connectivity index (χ0) is 15.6. The number of phenolic OH excluding ortho intramolecular Hbond substituents is 1. The fourth-order valence-corrected chi connectivity index (χ4v) is 3.06. The van der Waals surface area contributed by atoms with E-state index in [1.54, 1.807) is 0 Å². The number of benzene rings is 1. The van der Waals surface area contributed by atoms with E-state index in [4.69, 9.17) is 0 Å². The predicted octanol–water partition coefficient (Wildman–Crippen LogP) is 4.19. The topological polar surface area (TPSA) is 35.5 Å². The Kier molecular flexibility index (Phi) is 9.62. The van der Waals surface area contributed by atoms with Crippen molar-refractivity contribution >= 4 is 40.7 Å². The van der Waals surface area contributed by atoms with Gasteiger partial charge >= 0.3 is 0 Å². The van der Waals surface area contributed by atoms with Crippen LogP contribution in [0.3, 0.4) is 0 Å². The highest BCUT2D eigenvalue weighted by Gasteiger charge is 2.30. The molecule has 132 valence electrons. The third-order valence-corrected chi connectivity index (χ3v) is 4.25. The molecule has 0 aliphatic carbocycles. The highest BCUT2D eigenvalue weighted by molar-refractivity contribution is 9.10. The van der Waals surface area contributed by atoms with Crippen LogP contribution in [0.25, 0.3) is 0 Å². The Bertz CT molecular complexity index is 529. The minimum atomic E-state index is -0.986. The van der Waals surface area contributed by atoms with E-state index in [1.807, 2.05) is 6.92 Å². The number of phenols is 1. The average molecular weight is 434 g/mol. The molecule has 1 aromatic carbocycles. The summed E-state index contributed by atoms with van der Waals surface area (Å²) in [5, 5.41) is 13.4. The smallest absolute Gasteiger partial charge is 0.167 e. The summed E-state index contributed by atoms with van der Waals surface area (Å²) in [6.07, 6.45) is 0.473. The van der Waals surface area contributed by atoms with Crippen molar-refractivity contribution < 1.29 is 13.9 Å². The van der Waals surface area contributed by atoms with Crippen LogP contribution in [0.5, 0.6) is 5.75 Å². The predicted molar refractivity (Wildman–Crippen MR) is 96.8 cm³/mol. The first-order valence-corrected chi connectivity index (χ1v) is 7.66. The Hall–Kier alpha value is -0.400. The number of nitrogens with one attached hydrogen (secondary N) is 1. The number of halogens is 5. The second kappa shape index (κ2) is 9.79. The highest BCUT2D eigenvalue weighted by Crippen LogP contribution is 2.40. The number of hydrogen-bond donors (Lipinski definition) is 2. The van der Waals surface area contributed by atoms with E-state index in [9.17, 15) is 13.9 Å². The molecule has 8 heteroatoms.